The van der Waals surface area contributed by atoms with Gasteiger partial charge in [-0.15, -0.1) is 0 Å². The van der Waals surface area contributed by atoms with E-state index >= 15 is 0 Å². The van der Waals surface area contributed by atoms with Crippen molar-refractivity contribution in [2.24, 2.45) is 0 Å². The topological polar surface area (TPSA) is 149 Å². The fourth-order valence-corrected chi connectivity index (χ4v) is 9.02. The summed E-state index contributed by atoms with van der Waals surface area (Å²) >= 11 is 0. The van der Waals surface area contributed by atoms with Gasteiger partial charge in [-0.05, 0) is 83.5 Å². The molecule has 7 atom stereocenters. The summed E-state index contributed by atoms with van der Waals surface area (Å²) < 4.78 is 11.2. The van der Waals surface area contributed by atoms with Gasteiger partial charge in [-0.25, -0.2) is 0 Å². The minimum absolute atomic E-state index is 0.191. The zero-order valence-electron chi connectivity index (χ0n) is 45.7. The van der Waals surface area contributed by atoms with Crippen molar-refractivity contribution >= 4 is 5.91 Å². The van der Waals surface area contributed by atoms with Crippen molar-refractivity contribution in [3.8, 4) is 0 Å². The van der Waals surface area contributed by atoms with E-state index in [0.717, 1.165) is 64.2 Å². The van der Waals surface area contributed by atoms with E-state index in [0.29, 0.717) is 6.42 Å². The average Bonchev–Trinajstić information content (AvgIpc) is 3.37. The van der Waals surface area contributed by atoms with Crippen LogP contribution in [0.3, 0.4) is 0 Å². The molecule has 9 nitrogen and oxygen atoms in total. The van der Waals surface area contributed by atoms with Gasteiger partial charge in [-0.1, -0.05) is 241 Å². The van der Waals surface area contributed by atoms with E-state index in [2.05, 4.69) is 79.9 Å². The first-order valence-corrected chi connectivity index (χ1v) is 29.7. The van der Waals surface area contributed by atoms with Gasteiger partial charge in [0.2, 0.25) is 5.91 Å². The molecule has 1 amide bonds. The average molecular weight is 999 g/mol. The highest BCUT2D eigenvalue weighted by Gasteiger charge is 2.44. The van der Waals surface area contributed by atoms with E-state index in [-0.39, 0.29) is 12.5 Å². The van der Waals surface area contributed by atoms with Crippen LogP contribution in [-0.2, 0) is 14.3 Å². The summed E-state index contributed by atoms with van der Waals surface area (Å²) in [6.07, 6.45) is 64.2. The Bertz CT molecular complexity index is 1340. The third-order valence-electron chi connectivity index (χ3n) is 13.7. The molecule has 1 aliphatic heterocycles. The summed E-state index contributed by atoms with van der Waals surface area (Å²) in [4.78, 5) is 13.0. The lowest BCUT2D eigenvalue weighted by molar-refractivity contribution is -0.302. The van der Waals surface area contributed by atoms with Crippen LogP contribution in [0.25, 0.3) is 0 Å². The van der Waals surface area contributed by atoms with Crippen LogP contribution in [0, 0.1) is 0 Å². The van der Waals surface area contributed by atoms with Crippen LogP contribution in [0.5, 0.6) is 0 Å². The second kappa shape index (κ2) is 51.1. The Morgan fingerprint density at radius 3 is 1.31 bits per heavy atom. The largest absolute Gasteiger partial charge is 0.394 e. The lowest BCUT2D eigenvalue weighted by Gasteiger charge is -2.40. The Kier molecular flexibility index (Phi) is 48.0. The summed E-state index contributed by atoms with van der Waals surface area (Å²) in [5.41, 5.74) is 0. The van der Waals surface area contributed by atoms with Gasteiger partial charge in [-0.3, -0.25) is 4.79 Å². The number of allylic oxidation sites excluding steroid dienone is 11. The third-order valence-corrected chi connectivity index (χ3v) is 13.7. The number of aliphatic hydroxyl groups is 5. The van der Waals surface area contributed by atoms with Crippen molar-refractivity contribution in [2.75, 3.05) is 13.2 Å². The molecule has 1 fully saturated rings. The minimum atomic E-state index is -1.58. The normalized spacial score (nSPS) is 19.8. The van der Waals surface area contributed by atoms with Crippen LogP contribution in [0.1, 0.15) is 258 Å². The van der Waals surface area contributed by atoms with E-state index in [9.17, 15) is 30.3 Å². The zero-order valence-corrected chi connectivity index (χ0v) is 45.7. The molecule has 0 saturated carbocycles. The molecular formula is C62H111NO8. The van der Waals surface area contributed by atoms with Crippen LogP contribution in [0.15, 0.2) is 72.9 Å². The fourth-order valence-electron chi connectivity index (χ4n) is 9.02. The molecule has 0 aliphatic carbocycles. The Hall–Kier alpha value is -2.37. The molecule has 0 radical (unpaired) electrons. The van der Waals surface area contributed by atoms with Gasteiger partial charge in [0, 0.05) is 6.42 Å². The van der Waals surface area contributed by atoms with Gasteiger partial charge < -0.3 is 40.3 Å². The number of aliphatic hydroxyl groups excluding tert-OH is 5. The summed E-state index contributed by atoms with van der Waals surface area (Å²) in [5, 5.41) is 54.3. The molecule has 0 spiro atoms. The molecule has 1 saturated heterocycles. The highest BCUT2D eigenvalue weighted by molar-refractivity contribution is 5.76. The van der Waals surface area contributed by atoms with Crippen molar-refractivity contribution < 1.29 is 39.8 Å². The summed E-state index contributed by atoms with van der Waals surface area (Å²) in [6.45, 7) is 3.71. The van der Waals surface area contributed by atoms with Gasteiger partial charge in [0.05, 0.1) is 25.4 Å². The second-order valence-electron chi connectivity index (χ2n) is 20.4. The van der Waals surface area contributed by atoms with Crippen molar-refractivity contribution in [1.29, 1.82) is 0 Å². The molecule has 0 aromatic carbocycles. The number of carbonyl (C=O) groups is 1. The van der Waals surface area contributed by atoms with E-state index < -0.39 is 49.5 Å². The maximum Gasteiger partial charge on any atom is 0.220 e. The Morgan fingerprint density at radius 2 is 0.845 bits per heavy atom. The van der Waals surface area contributed by atoms with Gasteiger partial charge in [-0.2, -0.15) is 0 Å². The first-order chi connectivity index (χ1) is 34.8. The summed E-state index contributed by atoms with van der Waals surface area (Å²) in [7, 11) is 0. The van der Waals surface area contributed by atoms with Gasteiger partial charge in [0.25, 0.3) is 0 Å². The highest BCUT2D eigenvalue weighted by atomic mass is 16.7. The van der Waals surface area contributed by atoms with Crippen molar-refractivity contribution in [3.63, 3.8) is 0 Å². The molecular weight excluding hydrogens is 887 g/mol. The summed E-state index contributed by atoms with van der Waals surface area (Å²) in [6, 6.07) is -0.829. The molecule has 7 unspecified atom stereocenters. The van der Waals surface area contributed by atoms with E-state index in [1.807, 2.05) is 6.08 Å². The molecule has 0 aromatic heterocycles. The predicted octanol–water partition coefficient (Wildman–Crippen LogP) is 14.8. The number of ether oxygens (including phenoxy) is 2. The first-order valence-electron chi connectivity index (χ1n) is 29.7. The maximum absolute atomic E-state index is 13.0. The fraction of sp³-hybridized carbons (Fsp3) is 0.790. The molecule has 1 heterocycles. The number of hydrogen-bond donors (Lipinski definition) is 6. The molecule has 0 bridgehead atoms. The Balaban J connectivity index is 2.11. The van der Waals surface area contributed by atoms with E-state index in [1.165, 1.54) is 173 Å². The predicted molar refractivity (Wildman–Crippen MR) is 299 cm³/mol. The third kappa shape index (κ3) is 40.7. The van der Waals surface area contributed by atoms with Crippen LogP contribution in [-0.4, -0.2) is 87.5 Å². The minimum Gasteiger partial charge on any atom is -0.394 e. The SMILES string of the molecule is CCCCC/C=C/CC/C=C/CC/C=C/C(O)C(COC1OC(CO)C(O)C(O)C1O)NC(=O)CCCCCCCCCCCCCCCCCCCCCC/C=C\C/C=C\C/C=C\CCCCCCC. The van der Waals surface area contributed by atoms with Crippen molar-refractivity contribution in [2.45, 2.75) is 301 Å². The highest BCUT2D eigenvalue weighted by Crippen LogP contribution is 2.23. The van der Waals surface area contributed by atoms with Crippen molar-refractivity contribution in [3.05, 3.63) is 72.9 Å². The number of hydrogen-bond acceptors (Lipinski definition) is 8. The first kappa shape index (κ1) is 66.6. The zero-order chi connectivity index (χ0) is 51.5. The van der Waals surface area contributed by atoms with Crippen LogP contribution in [0.2, 0.25) is 0 Å². The maximum atomic E-state index is 13.0. The van der Waals surface area contributed by atoms with Gasteiger partial charge in [0.1, 0.15) is 24.4 Å². The van der Waals surface area contributed by atoms with Crippen LogP contribution in [0.4, 0.5) is 0 Å². The van der Waals surface area contributed by atoms with Gasteiger partial charge >= 0.3 is 0 Å². The Morgan fingerprint density at radius 1 is 0.479 bits per heavy atom. The molecule has 9 heteroatoms. The molecule has 71 heavy (non-hydrogen) atoms. The van der Waals surface area contributed by atoms with E-state index in [4.69, 9.17) is 9.47 Å². The quantitative estimate of drug-likeness (QED) is 0.0261. The number of amides is 1. The smallest absolute Gasteiger partial charge is 0.220 e. The molecule has 6 N–H and O–H groups in total. The number of rotatable bonds is 50. The lowest BCUT2D eigenvalue weighted by Crippen LogP contribution is -2.60. The lowest BCUT2D eigenvalue weighted by atomic mass is 9.99. The number of unbranched alkanes of at least 4 members (excludes halogenated alkanes) is 30. The molecule has 1 rings (SSSR count). The number of nitrogens with one attached hydrogen (secondary N) is 1. The van der Waals surface area contributed by atoms with Crippen molar-refractivity contribution in [1.82, 2.24) is 5.32 Å². The second-order valence-corrected chi connectivity index (χ2v) is 20.4. The molecule has 0 aromatic rings. The Labute approximate surface area is 436 Å². The summed E-state index contributed by atoms with van der Waals surface area (Å²) in [5.74, 6) is -0.191. The monoisotopic (exact) mass is 998 g/mol. The van der Waals surface area contributed by atoms with Crippen LogP contribution >= 0.6 is 0 Å². The number of carbonyl (C=O) groups excluding carboxylic acids is 1. The van der Waals surface area contributed by atoms with Gasteiger partial charge in [0.15, 0.2) is 6.29 Å². The molecule has 412 valence electrons. The van der Waals surface area contributed by atoms with E-state index in [1.54, 1.807) is 6.08 Å². The molecule has 1 aliphatic rings. The van der Waals surface area contributed by atoms with Crippen LogP contribution < -0.4 is 5.32 Å². The standard InChI is InChI=1S/C62H111NO8/c1-3-5-7-9-11-13-15-17-18-19-20-21-22-23-24-25-26-27-28-29-30-31-32-33-34-35-36-37-38-40-42-44-46-48-50-52-58(66)63-55(54-70-62-61(69)60(68)59(67)57(53-64)71-62)56(65)51-49-47-45-43-41-39-16-14-12-10-8-6-4-2/h12,14-15,17,19-20,22-23,41,43,49,51,55-57,59-62,64-65,67-69H,3-11,13,16,18,21,24-40,42,44-48,50,52-54H2,1-2H3,(H,63,66)/b14-12+,17-15-,20-19-,23-22-,43-41+,51-49+.